The summed E-state index contributed by atoms with van der Waals surface area (Å²) in [5, 5.41) is 22.4. The number of alkyl carbamates (subject to hydrolysis) is 1. The van der Waals surface area contributed by atoms with Crippen molar-refractivity contribution < 1.29 is 24.6 Å². The predicted octanol–water partition coefficient (Wildman–Crippen LogP) is -0.0898. The maximum atomic E-state index is 11.0. The van der Waals surface area contributed by atoms with Crippen molar-refractivity contribution >= 4 is 17.9 Å². The van der Waals surface area contributed by atoms with Crippen molar-refractivity contribution in [2.24, 2.45) is 4.99 Å². The third-order valence-corrected chi connectivity index (χ3v) is 2.45. The van der Waals surface area contributed by atoms with E-state index in [1.165, 1.54) is 7.05 Å². The first-order valence-corrected chi connectivity index (χ1v) is 6.23. The Balaban J connectivity index is 3.86. The quantitative estimate of drug-likeness (QED) is 0.132. The third-order valence-electron chi connectivity index (χ3n) is 2.45. The fourth-order valence-electron chi connectivity index (χ4n) is 1.34. The molecule has 0 bridgehead atoms. The molecule has 20 heavy (non-hydrogen) atoms. The second-order valence-corrected chi connectivity index (χ2v) is 4.00. The molecule has 0 spiro atoms. The Bertz CT molecular complexity index is 335. The first kappa shape index (κ1) is 18.1. The number of amides is 1. The molecular weight excluding hydrogens is 268 g/mol. The Hall–Kier alpha value is -1.87. The van der Waals surface area contributed by atoms with Crippen LogP contribution in [-0.4, -0.2) is 54.6 Å². The maximum Gasteiger partial charge on any atom is 0.408 e. The van der Waals surface area contributed by atoms with Gasteiger partial charge in [-0.2, -0.15) is 0 Å². The lowest BCUT2D eigenvalue weighted by Crippen LogP contribution is -2.39. The van der Waals surface area contributed by atoms with Gasteiger partial charge in [0.05, 0.1) is 0 Å². The zero-order valence-corrected chi connectivity index (χ0v) is 11.7. The topological polar surface area (TPSA) is 132 Å². The van der Waals surface area contributed by atoms with E-state index in [4.69, 9.17) is 10.3 Å². The first-order valence-electron chi connectivity index (χ1n) is 6.23. The third kappa shape index (κ3) is 9.11. The van der Waals surface area contributed by atoms with E-state index >= 15 is 0 Å². The lowest BCUT2D eigenvalue weighted by molar-refractivity contribution is -0.140. The predicted molar refractivity (Wildman–Crippen MR) is 71.7 cm³/mol. The molecule has 0 aromatic carbocycles. The zero-order valence-electron chi connectivity index (χ0n) is 11.7. The highest BCUT2D eigenvalue weighted by molar-refractivity contribution is 5.78. The number of unbranched alkanes of at least 4 members (excludes halogenated alkanes) is 1. The van der Waals surface area contributed by atoms with Crippen LogP contribution in [-0.2, 0) is 9.53 Å². The van der Waals surface area contributed by atoms with Crippen LogP contribution in [0.25, 0.3) is 0 Å². The number of hydroxylamine groups is 1. The molecule has 0 fully saturated rings. The molecule has 0 aliphatic heterocycles. The number of ether oxygens (including phenoxy) is 1. The number of aliphatic imine (C=N–C) groups is 1. The number of carboxylic acid groups (broad SMARTS) is 1. The van der Waals surface area contributed by atoms with E-state index in [0.29, 0.717) is 31.6 Å². The largest absolute Gasteiger partial charge is 0.480 e. The van der Waals surface area contributed by atoms with Gasteiger partial charge in [-0.05, 0) is 26.2 Å². The fourth-order valence-corrected chi connectivity index (χ4v) is 1.34. The molecule has 0 aliphatic carbocycles. The van der Waals surface area contributed by atoms with E-state index in [0.717, 1.165) is 0 Å². The maximum absolute atomic E-state index is 11.0. The Morgan fingerprint density at radius 1 is 1.35 bits per heavy atom. The van der Waals surface area contributed by atoms with Gasteiger partial charge in [-0.15, -0.1) is 0 Å². The number of nitrogens with one attached hydrogen (secondary N) is 3. The second-order valence-electron chi connectivity index (χ2n) is 4.00. The summed E-state index contributed by atoms with van der Waals surface area (Å²) in [4.78, 5) is 25.8. The van der Waals surface area contributed by atoms with E-state index in [2.05, 4.69) is 20.4 Å². The second kappa shape index (κ2) is 11.0. The van der Waals surface area contributed by atoms with Gasteiger partial charge in [0, 0.05) is 13.6 Å². The molecule has 9 nitrogen and oxygen atoms in total. The summed E-state index contributed by atoms with van der Waals surface area (Å²) in [7, 11) is 1.42. The van der Waals surface area contributed by atoms with Crippen LogP contribution in [0.2, 0.25) is 0 Å². The minimum absolute atomic E-state index is 0.164. The van der Waals surface area contributed by atoms with Crippen LogP contribution in [0.1, 0.15) is 26.2 Å². The molecule has 0 radical (unpaired) electrons. The summed E-state index contributed by atoms with van der Waals surface area (Å²) in [5.74, 6) is -0.584. The number of amidine groups is 1. The van der Waals surface area contributed by atoms with E-state index in [1.54, 1.807) is 6.92 Å². The molecule has 5 N–H and O–H groups in total. The van der Waals surface area contributed by atoms with Gasteiger partial charge < -0.3 is 15.2 Å². The summed E-state index contributed by atoms with van der Waals surface area (Å²) in [6.45, 7) is 1.96. The fraction of sp³-hybridized carbons (Fsp3) is 0.727. The Kier molecular flexibility index (Phi) is 9.97. The number of rotatable bonds is 9. The van der Waals surface area contributed by atoms with Crippen LogP contribution in [0, 0.1) is 0 Å². The molecule has 0 aromatic heterocycles. The summed E-state index contributed by atoms with van der Waals surface area (Å²) in [6, 6.07) is -0.777. The average molecular weight is 290 g/mol. The van der Waals surface area contributed by atoms with Gasteiger partial charge in [0.1, 0.15) is 18.6 Å². The van der Waals surface area contributed by atoms with Gasteiger partial charge in [0.2, 0.25) is 0 Å². The van der Waals surface area contributed by atoms with Gasteiger partial charge in [-0.25, -0.2) is 4.79 Å². The van der Waals surface area contributed by atoms with Gasteiger partial charge in [0.25, 0.3) is 0 Å². The Morgan fingerprint density at radius 2 is 2.05 bits per heavy atom. The van der Waals surface area contributed by atoms with Crippen LogP contribution < -0.4 is 16.1 Å². The monoisotopic (exact) mass is 290 g/mol. The lowest BCUT2D eigenvalue weighted by atomic mass is 10.1. The highest BCUT2D eigenvalue weighted by atomic mass is 16.6. The molecule has 0 rings (SSSR count). The molecule has 0 heterocycles. The van der Waals surface area contributed by atoms with Gasteiger partial charge >= 0.3 is 12.1 Å². The SMILES string of the molecule is CNC(=O)OCNC(CCCCN=C(C)NO)C(=O)O. The van der Waals surface area contributed by atoms with E-state index in [9.17, 15) is 9.59 Å². The molecule has 1 amide bonds. The van der Waals surface area contributed by atoms with Crippen LogP contribution in [0.4, 0.5) is 4.79 Å². The van der Waals surface area contributed by atoms with Gasteiger partial charge in [-0.1, -0.05) is 0 Å². The minimum Gasteiger partial charge on any atom is -0.480 e. The number of hydrogen-bond donors (Lipinski definition) is 5. The van der Waals surface area contributed by atoms with Crippen molar-refractivity contribution in [3.05, 3.63) is 0 Å². The van der Waals surface area contributed by atoms with Crippen LogP contribution in [0.5, 0.6) is 0 Å². The summed E-state index contributed by atoms with van der Waals surface area (Å²) in [5.41, 5.74) is 1.92. The van der Waals surface area contributed by atoms with Gasteiger partial charge in [0.15, 0.2) is 0 Å². The van der Waals surface area contributed by atoms with Crippen molar-refractivity contribution in [2.45, 2.75) is 32.2 Å². The smallest absolute Gasteiger partial charge is 0.408 e. The minimum atomic E-state index is -0.998. The molecular formula is C11H22N4O5. The summed E-state index contributed by atoms with van der Waals surface area (Å²) < 4.78 is 4.66. The van der Waals surface area contributed by atoms with E-state index < -0.39 is 18.1 Å². The first-order chi connectivity index (χ1) is 9.51. The van der Waals surface area contributed by atoms with Crippen molar-refractivity contribution in [1.82, 2.24) is 16.1 Å². The number of carbonyl (C=O) groups excluding carboxylic acids is 1. The zero-order chi connectivity index (χ0) is 15.4. The van der Waals surface area contributed by atoms with Crippen LogP contribution in [0.15, 0.2) is 4.99 Å². The van der Waals surface area contributed by atoms with Crippen molar-refractivity contribution in [1.29, 1.82) is 0 Å². The highest BCUT2D eigenvalue weighted by Crippen LogP contribution is 2.02. The molecule has 116 valence electrons. The number of hydrogen-bond acceptors (Lipinski definition) is 6. The molecule has 1 unspecified atom stereocenters. The summed E-state index contributed by atoms with van der Waals surface area (Å²) >= 11 is 0. The molecule has 0 saturated heterocycles. The average Bonchev–Trinajstić information content (AvgIpc) is 2.43. The molecule has 0 aromatic rings. The normalized spacial score (nSPS) is 12.7. The molecule has 0 aliphatic rings. The Morgan fingerprint density at radius 3 is 2.60 bits per heavy atom. The number of nitrogens with zero attached hydrogens (tertiary/aromatic N) is 1. The van der Waals surface area contributed by atoms with E-state index in [-0.39, 0.29) is 6.73 Å². The van der Waals surface area contributed by atoms with Crippen molar-refractivity contribution in [3.63, 3.8) is 0 Å². The summed E-state index contributed by atoms with van der Waals surface area (Å²) in [6.07, 6.45) is 1.11. The van der Waals surface area contributed by atoms with Crippen molar-refractivity contribution in [2.75, 3.05) is 20.3 Å². The number of carboxylic acids is 1. The standard InChI is InChI=1S/C11H22N4O5/c1-8(15-19)13-6-4-3-5-9(10(16)17)14-7-20-11(18)12-2/h9,14,19H,3-7H2,1-2H3,(H,12,18)(H,13,15)(H,16,17). The van der Waals surface area contributed by atoms with E-state index in [1.807, 2.05) is 5.48 Å². The molecule has 9 heteroatoms. The molecule has 1 atom stereocenters. The van der Waals surface area contributed by atoms with Crippen LogP contribution >= 0.6 is 0 Å². The molecule has 0 saturated carbocycles. The van der Waals surface area contributed by atoms with Gasteiger partial charge in [-0.3, -0.25) is 25.8 Å². The lowest BCUT2D eigenvalue weighted by Gasteiger charge is -2.14. The number of carbonyl (C=O) groups is 2. The van der Waals surface area contributed by atoms with Crippen molar-refractivity contribution in [3.8, 4) is 0 Å². The Labute approximate surface area is 117 Å². The number of aliphatic carboxylic acids is 1. The highest BCUT2D eigenvalue weighted by Gasteiger charge is 2.16. The van der Waals surface area contributed by atoms with Crippen LogP contribution in [0.3, 0.4) is 0 Å².